The quantitative estimate of drug-likeness (QED) is 0.539. The number of likely N-dealkylation sites (N-methyl/N-ethyl adjacent to an activating group) is 1. The number of nitrogens with one attached hydrogen (secondary N) is 1. The van der Waals surface area contributed by atoms with Gasteiger partial charge >= 0.3 is 51.4 Å². The summed E-state index contributed by atoms with van der Waals surface area (Å²) < 4.78 is 2.60. The Hall–Kier alpha value is -0.444. The number of aryl methyl sites for hydroxylation is 1. The van der Waals surface area contributed by atoms with E-state index in [1.165, 1.54) is 0 Å². The second kappa shape index (κ2) is 7.71. The number of H-pyrrole nitrogens is 1. The van der Waals surface area contributed by atoms with Crippen LogP contribution in [-0.2, 0) is 4.79 Å². The van der Waals surface area contributed by atoms with Crippen LogP contribution in [0.2, 0.25) is 0 Å². The first kappa shape index (κ1) is 18.6. The number of anilines is 1. The number of hydrogen-bond donors (Lipinski definition) is 1. The number of aromatic amines is 1. The number of rotatable bonds is 4. The fraction of sp³-hybridized carbons (Fsp3) is 0.286. The minimum absolute atomic E-state index is 0. The van der Waals surface area contributed by atoms with Crippen LogP contribution in [0.25, 0.3) is 5.69 Å². The second-order valence-corrected chi connectivity index (χ2v) is 5.11. The van der Waals surface area contributed by atoms with E-state index >= 15 is 0 Å². The Morgan fingerprint density at radius 1 is 1.33 bits per heavy atom. The Balaban J connectivity index is 0.00000220. The molecule has 0 unspecified atom stereocenters. The van der Waals surface area contributed by atoms with Crippen molar-refractivity contribution in [2.45, 2.75) is 13.8 Å². The number of carboxylic acids is 1. The summed E-state index contributed by atoms with van der Waals surface area (Å²) in [5.74, 6) is -1.10. The molecule has 0 radical (unpaired) electrons. The van der Waals surface area contributed by atoms with E-state index in [0.29, 0.717) is 4.77 Å². The third-order valence-corrected chi connectivity index (χ3v) is 3.58. The van der Waals surface area contributed by atoms with Crippen molar-refractivity contribution >= 4 is 23.9 Å². The molecule has 2 rings (SSSR count). The van der Waals surface area contributed by atoms with E-state index in [1.807, 2.05) is 42.7 Å². The first-order valence-corrected chi connectivity index (χ1v) is 6.60. The summed E-state index contributed by atoms with van der Waals surface area (Å²) in [5, 5.41) is 10.6. The average molecular weight is 329 g/mol. The molecule has 1 heterocycles. The van der Waals surface area contributed by atoms with Crippen molar-refractivity contribution in [3.05, 3.63) is 40.4 Å². The predicted molar refractivity (Wildman–Crippen MR) is 78.7 cm³/mol. The third kappa shape index (κ3) is 4.27. The molecule has 1 aromatic carbocycles. The molecule has 0 aliphatic heterocycles. The van der Waals surface area contributed by atoms with Crippen LogP contribution in [0.4, 0.5) is 5.69 Å². The normalized spacial score (nSPS) is 10.0. The van der Waals surface area contributed by atoms with E-state index in [2.05, 4.69) is 4.98 Å². The zero-order valence-electron chi connectivity index (χ0n) is 12.6. The van der Waals surface area contributed by atoms with Gasteiger partial charge in [-0.1, -0.05) is 0 Å². The smallest absolute Gasteiger partial charge is 0.548 e. The van der Waals surface area contributed by atoms with Gasteiger partial charge in [-0.2, -0.15) is 0 Å². The summed E-state index contributed by atoms with van der Waals surface area (Å²) in [4.78, 5) is 15.3. The molecule has 0 saturated heterocycles. The Labute approximate surface area is 171 Å². The Morgan fingerprint density at radius 2 is 1.90 bits per heavy atom. The maximum Gasteiger partial charge on any atom is 1.00 e. The van der Waals surface area contributed by atoms with Crippen LogP contribution in [0.15, 0.2) is 24.3 Å². The summed E-state index contributed by atoms with van der Waals surface area (Å²) in [5.41, 5.74) is 3.86. The van der Waals surface area contributed by atoms with Crippen LogP contribution in [0.3, 0.4) is 0 Å². The van der Waals surface area contributed by atoms with Gasteiger partial charge in [0.2, 0.25) is 0 Å². The van der Waals surface area contributed by atoms with Crippen molar-refractivity contribution in [2.24, 2.45) is 0 Å². The van der Waals surface area contributed by atoms with Gasteiger partial charge in [0.05, 0.1) is 12.5 Å². The van der Waals surface area contributed by atoms with Crippen molar-refractivity contribution < 1.29 is 61.3 Å². The number of carboxylic acid groups (broad SMARTS) is 1. The molecule has 2 aromatic rings. The maximum absolute atomic E-state index is 10.6. The average Bonchev–Trinajstić information content (AvgIpc) is 2.63. The topological polar surface area (TPSA) is 64.1 Å². The van der Waals surface area contributed by atoms with E-state index in [0.717, 1.165) is 22.8 Å². The van der Waals surface area contributed by atoms with E-state index in [9.17, 15) is 9.90 Å². The molecule has 0 spiro atoms. The van der Waals surface area contributed by atoms with Crippen LogP contribution in [0.5, 0.6) is 0 Å². The van der Waals surface area contributed by atoms with Crippen LogP contribution in [0, 0.1) is 18.6 Å². The number of benzene rings is 1. The molecule has 1 aromatic heterocycles. The molecule has 5 nitrogen and oxygen atoms in total. The zero-order valence-corrected chi connectivity index (χ0v) is 16.6. The summed E-state index contributed by atoms with van der Waals surface area (Å²) in [6.45, 7) is 3.84. The summed E-state index contributed by atoms with van der Waals surface area (Å²) in [7, 11) is 1.71. The number of aliphatic carboxylic acids is 1. The van der Waals surface area contributed by atoms with E-state index in [4.69, 9.17) is 12.2 Å². The van der Waals surface area contributed by atoms with Gasteiger partial charge in [-0.25, -0.2) is 0 Å². The van der Waals surface area contributed by atoms with Gasteiger partial charge in [0.1, 0.15) is 0 Å². The molecule has 1 N–H and O–H groups in total. The third-order valence-electron chi connectivity index (χ3n) is 3.29. The van der Waals surface area contributed by atoms with Crippen LogP contribution >= 0.6 is 12.2 Å². The number of imidazole rings is 1. The molecule has 21 heavy (non-hydrogen) atoms. The molecule has 0 atom stereocenters. The van der Waals surface area contributed by atoms with Gasteiger partial charge in [-0.05, 0) is 50.3 Å². The van der Waals surface area contributed by atoms with E-state index in [-0.39, 0.29) is 57.9 Å². The first-order chi connectivity index (χ1) is 9.40. The molecule has 0 saturated carbocycles. The van der Waals surface area contributed by atoms with Crippen molar-refractivity contribution in [1.82, 2.24) is 9.55 Å². The van der Waals surface area contributed by atoms with Gasteiger partial charge in [-0.15, -0.1) is 0 Å². The molecule has 0 aliphatic rings. The van der Waals surface area contributed by atoms with Crippen molar-refractivity contribution in [2.75, 3.05) is 18.5 Å². The Kier molecular flexibility index (Phi) is 6.83. The van der Waals surface area contributed by atoms with Crippen LogP contribution < -0.4 is 61.4 Å². The second-order valence-electron chi connectivity index (χ2n) is 4.72. The Bertz CT molecular complexity index is 691. The zero-order chi connectivity index (χ0) is 14.9. The van der Waals surface area contributed by atoms with E-state index < -0.39 is 5.97 Å². The first-order valence-electron chi connectivity index (χ1n) is 6.20. The number of carbonyl (C=O) groups is 1. The summed E-state index contributed by atoms with van der Waals surface area (Å²) in [6.07, 6.45) is 0. The van der Waals surface area contributed by atoms with Gasteiger partial charge in [0.25, 0.3) is 0 Å². The van der Waals surface area contributed by atoms with Crippen LogP contribution in [0.1, 0.15) is 11.4 Å². The fourth-order valence-electron chi connectivity index (χ4n) is 2.08. The van der Waals surface area contributed by atoms with Gasteiger partial charge in [0.15, 0.2) is 4.77 Å². The molecule has 0 amide bonds. The van der Waals surface area contributed by atoms with Crippen molar-refractivity contribution in [3.63, 3.8) is 0 Å². The number of aromatic nitrogens is 2. The molecule has 0 aliphatic carbocycles. The minimum Gasteiger partial charge on any atom is -0.548 e. The number of carbonyl (C=O) groups excluding carboxylic acids is 1. The molecule has 106 valence electrons. The minimum atomic E-state index is -1.10. The molecule has 0 fully saturated rings. The molecular weight excluding hydrogens is 313 g/mol. The largest absolute Gasteiger partial charge is 1.00 e. The van der Waals surface area contributed by atoms with Crippen LogP contribution in [-0.4, -0.2) is 29.1 Å². The van der Waals surface area contributed by atoms with Gasteiger partial charge < -0.3 is 19.8 Å². The number of hydrogen-bond acceptors (Lipinski definition) is 4. The van der Waals surface area contributed by atoms with Crippen molar-refractivity contribution in [3.8, 4) is 5.69 Å². The van der Waals surface area contributed by atoms with Gasteiger partial charge in [-0.3, -0.25) is 4.57 Å². The van der Waals surface area contributed by atoms with Gasteiger partial charge in [0, 0.05) is 29.8 Å². The summed E-state index contributed by atoms with van der Waals surface area (Å²) >= 11 is 5.29. The molecule has 0 bridgehead atoms. The molecule has 7 heteroatoms. The maximum atomic E-state index is 10.6. The summed E-state index contributed by atoms with van der Waals surface area (Å²) in [6, 6.07) is 7.55. The fourth-order valence-corrected chi connectivity index (χ4v) is 2.47. The standard InChI is InChI=1S/C14H17N3O2S.K/c1-9-10(2)17(14(20)15-9)12-6-4-11(5-7-12)16(3)8-13(18)19;/h4-7H,8H2,1-3H3,(H,15,20)(H,18,19);/q;+1/p-1. The molecular formula is C14H16KN3O2S. The predicted octanol–water partition coefficient (Wildman–Crippen LogP) is -1.66. The monoisotopic (exact) mass is 329 g/mol. The Morgan fingerprint density at radius 3 is 2.33 bits per heavy atom. The SMILES string of the molecule is Cc1[nH]c(=S)n(-c2ccc(N(C)CC(=O)[O-])cc2)c1C.[K+]. The van der Waals surface area contributed by atoms with Crippen molar-refractivity contribution in [1.29, 1.82) is 0 Å². The number of nitrogens with zero attached hydrogens (tertiary/aromatic N) is 2. The van der Waals surface area contributed by atoms with E-state index in [1.54, 1.807) is 11.9 Å².